The Morgan fingerprint density at radius 1 is 1.33 bits per heavy atom. The molecule has 0 aromatic rings. The van der Waals surface area contributed by atoms with Gasteiger partial charge in [0.1, 0.15) is 0 Å². The molecule has 0 aromatic heterocycles. The van der Waals surface area contributed by atoms with E-state index in [0.717, 1.165) is 32.1 Å². The number of carbonyl (C=O) groups is 1. The standard InChI is InChI=1S/C12H26N2O/c1-4-6-7-8-11(15)14-12(3,5-2)9-10-13/h4-10,13H2,1-3H3,(H,14,15). The number of unbranched alkanes of at least 4 members (excludes halogenated alkanes) is 2. The highest BCUT2D eigenvalue weighted by Gasteiger charge is 2.22. The summed E-state index contributed by atoms with van der Waals surface area (Å²) < 4.78 is 0. The van der Waals surface area contributed by atoms with Crippen molar-refractivity contribution in [3.05, 3.63) is 0 Å². The smallest absolute Gasteiger partial charge is 0.220 e. The van der Waals surface area contributed by atoms with Crippen molar-refractivity contribution in [1.29, 1.82) is 0 Å². The lowest BCUT2D eigenvalue weighted by molar-refractivity contribution is -0.123. The van der Waals surface area contributed by atoms with Crippen LogP contribution >= 0.6 is 0 Å². The van der Waals surface area contributed by atoms with Crippen LogP contribution in [0.4, 0.5) is 0 Å². The Kier molecular flexibility index (Phi) is 7.39. The van der Waals surface area contributed by atoms with E-state index in [4.69, 9.17) is 5.73 Å². The summed E-state index contributed by atoms with van der Waals surface area (Å²) in [5, 5.41) is 3.08. The Morgan fingerprint density at radius 3 is 2.47 bits per heavy atom. The first-order valence-corrected chi connectivity index (χ1v) is 6.09. The first kappa shape index (κ1) is 14.4. The van der Waals surface area contributed by atoms with Crippen molar-refractivity contribution in [2.24, 2.45) is 5.73 Å². The molecular formula is C12H26N2O. The van der Waals surface area contributed by atoms with Gasteiger partial charge < -0.3 is 11.1 Å². The summed E-state index contributed by atoms with van der Waals surface area (Å²) >= 11 is 0. The van der Waals surface area contributed by atoms with Gasteiger partial charge in [-0.05, 0) is 32.7 Å². The van der Waals surface area contributed by atoms with Gasteiger partial charge in [-0.3, -0.25) is 4.79 Å². The van der Waals surface area contributed by atoms with E-state index in [1.54, 1.807) is 0 Å². The van der Waals surface area contributed by atoms with Gasteiger partial charge in [0.2, 0.25) is 5.91 Å². The Labute approximate surface area is 93.8 Å². The average molecular weight is 214 g/mol. The third-order valence-corrected chi connectivity index (χ3v) is 2.93. The predicted molar refractivity (Wildman–Crippen MR) is 64.7 cm³/mol. The molecule has 0 bridgehead atoms. The molecule has 0 aromatic carbocycles. The second-order valence-electron chi connectivity index (χ2n) is 4.46. The van der Waals surface area contributed by atoms with E-state index >= 15 is 0 Å². The molecule has 0 rings (SSSR count). The summed E-state index contributed by atoms with van der Waals surface area (Å²) in [6.07, 6.45) is 5.71. The van der Waals surface area contributed by atoms with Crippen LogP contribution in [0.3, 0.4) is 0 Å². The van der Waals surface area contributed by atoms with E-state index < -0.39 is 0 Å². The molecule has 3 N–H and O–H groups in total. The van der Waals surface area contributed by atoms with Gasteiger partial charge in [0.05, 0.1) is 0 Å². The summed E-state index contributed by atoms with van der Waals surface area (Å²) in [5.74, 6) is 0.168. The van der Waals surface area contributed by atoms with Crippen molar-refractivity contribution in [3.63, 3.8) is 0 Å². The zero-order valence-corrected chi connectivity index (χ0v) is 10.4. The minimum atomic E-state index is -0.113. The lowest BCUT2D eigenvalue weighted by Crippen LogP contribution is -2.46. The predicted octanol–water partition coefficient (Wildman–Crippen LogP) is 2.20. The molecular weight excluding hydrogens is 188 g/mol. The van der Waals surface area contributed by atoms with Crippen LogP contribution in [0.25, 0.3) is 0 Å². The summed E-state index contributed by atoms with van der Waals surface area (Å²) in [6.45, 7) is 6.92. The SMILES string of the molecule is CCCCCC(=O)NC(C)(CC)CCN. The molecule has 1 unspecified atom stereocenters. The Hall–Kier alpha value is -0.570. The monoisotopic (exact) mass is 214 g/mol. The number of rotatable bonds is 8. The summed E-state index contributed by atoms with van der Waals surface area (Å²) in [5.41, 5.74) is 5.42. The molecule has 0 radical (unpaired) electrons. The van der Waals surface area contributed by atoms with Crippen molar-refractivity contribution in [1.82, 2.24) is 5.32 Å². The quantitative estimate of drug-likeness (QED) is 0.609. The first-order chi connectivity index (χ1) is 7.08. The van der Waals surface area contributed by atoms with Gasteiger partial charge >= 0.3 is 0 Å². The van der Waals surface area contributed by atoms with Crippen LogP contribution in [0.2, 0.25) is 0 Å². The van der Waals surface area contributed by atoms with E-state index in [2.05, 4.69) is 26.1 Å². The van der Waals surface area contributed by atoms with Crippen LogP contribution in [0.5, 0.6) is 0 Å². The lowest BCUT2D eigenvalue weighted by Gasteiger charge is -2.29. The molecule has 0 fully saturated rings. The van der Waals surface area contributed by atoms with Gasteiger partial charge in [0, 0.05) is 12.0 Å². The highest BCUT2D eigenvalue weighted by Crippen LogP contribution is 2.13. The van der Waals surface area contributed by atoms with Gasteiger partial charge in [-0.25, -0.2) is 0 Å². The van der Waals surface area contributed by atoms with Gasteiger partial charge in [-0.15, -0.1) is 0 Å². The Bertz CT molecular complexity index is 182. The van der Waals surface area contributed by atoms with Crippen molar-refractivity contribution < 1.29 is 4.79 Å². The van der Waals surface area contributed by atoms with Gasteiger partial charge in [0.15, 0.2) is 0 Å². The zero-order valence-electron chi connectivity index (χ0n) is 10.4. The number of nitrogens with one attached hydrogen (secondary N) is 1. The fourth-order valence-electron chi connectivity index (χ4n) is 1.58. The summed E-state index contributed by atoms with van der Waals surface area (Å²) in [7, 11) is 0. The maximum atomic E-state index is 11.6. The van der Waals surface area contributed by atoms with Crippen molar-refractivity contribution in [2.75, 3.05) is 6.54 Å². The number of hydrogen-bond acceptors (Lipinski definition) is 2. The van der Waals surface area contributed by atoms with Crippen LogP contribution < -0.4 is 11.1 Å². The molecule has 0 aliphatic carbocycles. The zero-order chi connectivity index (χ0) is 11.7. The fourth-order valence-corrected chi connectivity index (χ4v) is 1.58. The largest absolute Gasteiger partial charge is 0.351 e. The van der Waals surface area contributed by atoms with Crippen molar-refractivity contribution in [3.8, 4) is 0 Å². The van der Waals surface area contributed by atoms with Gasteiger partial charge in [0.25, 0.3) is 0 Å². The third-order valence-electron chi connectivity index (χ3n) is 2.93. The molecule has 90 valence electrons. The molecule has 0 saturated heterocycles. The number of carbonyl (C=O) groups excluding carboxylic acids is 1. The number of amides is 1. The number of hydrogen-bond donors (Lipinski definition) is 2. The normalized spacial score (nSPS) is 14.7. The molecule has 1 amide bonds. The third kappa shape index (κ3) is 6.50. The van der Waals surface area contributed by atoms with Crippen LogP contribution in [-0.2, 0) is 4.79 Å². The first-order valence-electron chi connectivity index (χ1n) is 6.09. The second-order valence-corrected chi connectivity index (χ2v) is 4.46. The molecule has 0 aliphatic heterocycles. The van der Waals surface area contributed by atoms with Crippen LogP contribution in [0, 0.1) is 0 Å². The van der Waals surface area contributed by atoms with Crippen LogP contribution in [0.1, 0.15) is 59.3 Å². The molecule has 1 atom stereocenters. The Balaban J connectivity index is 3.90. The second kappa shape index (κ2) is 7.69. The maximum absolute atomic E-state index is 11.6. The van der Waals surface area contributed by atoms with Crippen LogP contribution in [-0.4, -0.2) is 18.0 Å². The highest BCUT2D eigenvalue weighted by atomic mass is 16.1. The van der Waals surface area contributed by atoms with E-state index in [0.29, 0.717) is 13.0 Å². The minimum absolute atomic E-state index is 0.113. The molecule has 0 heterocycles. The van der Waals surface area contributed by atoms with E-state index in [1.165, 1.54) is 0 Å². The molecule has 0 aliphatic rings. The van der Waals surface area contributed by atoms with Gasteiger partial charge in [-0.1, -0.05) is 26.7 Å². The summed E-state index contributed by atoms with van der Waals surface area (Å²) in [6, 6.07) is 0. The lowest BCUT2D eigenvalue weighted by atomic mass is 9.94. The minimum Gasteiger partial charge on any atom is -0.351 e. The van der Waals surface area contributed by atoms with E-state index in [-0.39, 0.29) is 11.4 Å². The average Bonchev–Trinajstić information content (AvgIpc) is 2.18. The topological polar surface area (TPSA) is 55.1 Å². The van der Waals surface area contributed by atoms with Crippen molar-refractivity contribution in [2.45, 2.75) is 64.8 Å². The Morgan fingerprint density at radius 2 is 2.00 bits per heavy atom. The number of nitrogens with two attached hydrogens (primary N) is 1. The van der Waals surface area contributed by atoms with Crippen molar-refractivity contribution >= 4 is 5.91 Å². The van der Waals surface area contributed by atoms with Crippen LogP contribution in [0.15, 0.2) is 0 Å². The molecule has 3 nitrogen and oxygen atoms in total. The summed E-state index contributed by atoms with van der Waals surface area (Å²) in [4.78, 5) is 11.6. The van der Waals surface area contributed by atoms with Gasteiger partial charge in [-0.2, -0.15) is 0 Å². The van der Waals surface area contributed by atoms with E-state index in [1.807, 2.05) is 0 Å². The van der Waals surface area contributed by atoms with E-state index in [9.17, 15) is 4.79 Å². The molecule has 15 heavy (non-hydrogen) atoms. The molecule has 3 heteroatoms. The molecule has 0 spiro atoms. The highest BCUT2D eigenvalue weighted by molar-refractivity contribution is 5.76. The molecule has 0 saturated carbocycles. The maximum Gasteiger partial charge on any atom is 0.220 e. The fraction of sp³-hybridized carbons (Fsp3) is 0.917.